The van der Waals surface area contributed by atoms with Gasteiger partial charge >= 0.3 is 6.18 Å². The van der Waals surface area contributed by atoms with Gasteiger partial charge in [-0.3, -0.25) is 5.10 Å². The molecule has 5 nitrogen and oxygen atoms in total. The summed E-state index contributed by atoms with van der Waals surface area (Å²) < 4.78 is 69.0. The van der Waals surface area contributed by atoms with E-state index in [2.05, 4.69) is 15.4 Å². The fourth-order valence-electron chi connectivity index (χ4n) is 3.38. The minimum atomic E-state index is -4.77. The molecular weight excluding hydrogens is 419 g/mol. The van der Waals surface area contributed by atoms with E-state index >= 15 is 0 Å². The van der Waals surface area contributed by atoms with Crippen LogP contribution in [0.2, 0.25) is 0 Å². The number of nitrogens with zero attached hydrogens (tertiary/aromatic N) is 2. The molecule has 4 N–H and O–H groups in total. The van der Waals surface area contributed by atoms with Crippen molar-refractivity contribution in [2.24, 2.45) is 10.9 Å². The molecule has 0 aliphatic rings. The van der Waals surface area contributed by atoms with Crippen LogP contribution >= 0.6 is 0 Å². The second-order valence-electron chi connectivity index (χ2n) is 6.73. The number of amidine groups is 1. The predicted molar refractivity (Wildman–Crippen MR) is 104 cm³/mol. The Morgan fingerprint density at radius 3 is 2.45 bits per heavy atom. The molecule has 1 heterocycles. The number of aromatic amines is 1. The lowest BCUT2D eigenvalue weighted by atomic mass is 9.87. The van der Waals surface area contributed by atoms with E-state index in [1.54, 1.807) is 12.1 Å². The van der Waals surface area contributed by atoms with E-state index in [1.807, 2.05) is 0 Å². The summed E-state index contributed by atoms with van der Waals surface area (Å²) >= 11 is 0. The summed E-state index contributed by atoms with van der Waals surface area (Å²) in [5, 5.41) is 19.2. The Bertz CT molecular complexity index is 1330. The van der Waals surface area contributed by atoms with E-state index in [0.717, 1.165) is 18.2 Å². The number of hydrogen-bond donors (Lipinski definition) is 3. The molecule has 0 atom stereocenters. The summed E-state index contributed by atoms with van der Waals surface area (Å²) in [7, 11) is 0. The first-order valence-corrected chi connectivity index (χ1v) is 8.81. The SMILES string of the molecule is N/C(=N\O)c1cc(C(F)(F)F)cc(-c2ccc3[nH]ncc3c2)c1-c1ccc(F)cc1F. The van der Waals surface area contributed by atoms with Gasteiger partial charge in [-0.25, -0.2) is 8.78 Å². The molecule has 0 fully saturated rings. The lowest BCUT2D eigenvalue weighted by molar-refractivity contribution is -0.137. The predicted octanol–water partition coefficient (Wildman–Crippen LogP) is 5.29. The maximum Gasteiger partial charge on any atom is 0.416 e. The summed E-state index contributed by atoms with van der Waals surface area (Å²) in [4.78, 5) is 0. The van der Waals surface area contributed by atoms with Crippen molar-refractivity contribution in [1.29, 1.82) is 0 Å². The van der Waals surface area contributed by atoms with Crippen LogP contribution < -0.4 is 5.73 Å². The summed E-state index contributed by atoms with van der Waals surface area (Å²) in [6.07, 6.45) is -3.28. The Labute approximate surface area is 171 Å². The molecule has 158 valence electrons. The topological polar surface area (TPSA) is 87.3 Å². The summed E-state index contributed by atoms with van der Waals surface area (Å²) in [5.41, 5.74) is 4.84. The largest absolute Gasteiger partial charge is 0.416 e. The molecule has 3 aromatic carbocycles. The van der Waals surface area contributed by atoms with Crippen molar-refractivity contribution in [3.63, 3.8) is 0 Å². The zero-order valence-corrected chi connectivity index (χ0v) is 15.5. The summed E-state index contributed by atoms with van der Waals surface area (Å²) in [6, 6.07) is 8.85. The molecule has 0 unspecified atom stereocenters. The van der Waals surface area contributed by atoms with Crippen molar-refractivity contribution in [2.75, 3.05) is 0 Å². The highest BCUT2D eigenvalue weighted by atomic mass is 19.4. The quantitative estimate of drug-likeness (QED) is 0.135. The van der Waals surface area contributed by atoms with Crippen LogP contribution in [0.15, 0.2) is 59.9 Å². The average Bonchev–Trinajstić information content (AvgIpc) is 3.19. The van der Waals surface area contributed by atoms with Crippen molar-refractivity contribution in [3.8, 4) is 22.3 Å². The highest BCUT2D eigenvalue weighted by Gasteiger charge is 2.33. The summed E-state index contributed by atoms with van der Waals surface area (Å²) in [5.74, 6) is -2.53. The first kappa shape index (κ1) is 20.3. The van der Waals surface area contributed by atoms with Gasteiger partial charge in [0.1, 0.15) is 11.6 Å². The van der Waals surface area contributed by atoms with Gasteiger partial charge in [0, 0.05) is 28.1 Å². The second kappa shape index (κ2) is 7.38. The van der Waals surface area contributed by atoms with E-state index in [1.165, 1.54) is 12.3 Å². The molecule has 10 heteroatoms. The van der Waals surface area contributed by atoms with Gasteiger partial charge < -0.3 is 10.9 Å². The molecule has 0 aliphatic carbocycles. The van der Waals surface area contributed by atoms with Gasteiger partial charge in [0.15, 0.2) is 5.84 Å². The van der Waals surface area contributed by atoms with Crippen molar-refractivity contribution < 1.29 is 27.2 Å². The van der Waals surface area contributed by atoms with E-state index in [0.29, 0.717) is 28.6 Å². The summed E-state index contributed by atoms with van der Waals surface area (Å²) in [6.45, 7) is 0. The van der Waals surface area contributed by atoms with Crippen molar-refractivity contribution in [1.82, 2.24) is 10.2 Å². The Kier molecular flexibility index (Phi) is 4.84. The standard InChI is InChI=1S/C21H13F5N4O/c22-13-2-3-14(17(23)8-13)19-15(10-1-4-18-11(5-10)9-28-29-18)6-12(21(24,25)26)7-16(19)20(27)30-31/h1-9,31H,(H2,27,30)(H,28,29). The van der Waals surface area contributed by atoms with Gasteiger partial charge in [0.25, 0.3) is 0 Å². The minimum Gasteiger partial charge on any atom is -0.409 e. The van der Waals surface area contributed by atoms with Crippen LogP contribution in [-0.2, 0) is 6.18 Å². The normalized spacial score (nSPS) is 12.5. The zero-order valence-electron chi connectivity index (χ0n) is 15.5. The number of oxime groups is 1. The molecule has 4 aromatic rings. The molecule has 0 spiro atoms. The van der Waals surface area contributed by atoms with Gasteiger partial charge in [-0.1, -0.05) is 11.2 Å². The third kappa shape index (κ3) is 3.67. The van der Waals surface area contributed by atoms with Crippen LogP contribution in [0.1, 0.15) is 11.1 Å². The Balaban J connectivity index is 2.13. The highest BCUT2D eigenvalue weighted by Crippen LogP contribution is 2.42. The smallest absolute Gasteiger partial charge is 0.409 e. The molecule has 0 amide bonds. The average molecular weight is 432 g/mol. The number of alkyl halides is 3. The van der Waals surface area contributed by atoms with Crippen LogP contribution in [0.25, 0.3) is 33.2 Å². The van der Waals surface area contributed by atoms with Crippen LogP contribution in [0.3, 0.4) is 0 Å². The van der Waals surface area contributed by atoms with Gasteiger partial charge in [0.05, 0.1) is 17.3 Å². The van der Waals surface area contributed by atoms with Crippen LogP contribution in [0.4, 0.5) is 22.0 Å². The minimum absolute atomic E-state index is 0.0370. The number of fused-ring (bicyclic) bond motifs is 1. The Morgan fingerprint density at radius 2 is 1.77 bits per heavy atom. The fourth-order valence-corrected chi connectivity index (χ4v) is 3.38. The van der Waals surface area contributed by atoms with E-state index in [9.17, 15) is 22.0 Å². The number of rotatable bonds is 3. The molecule has 0 radical (unpaired) electrons. The van der Waals surface area contributed by atoms with Gasteiger partial charge in [-0.2, -0.15) is 18.3 Å². The number of hydrogen-bond acceptors (Lipinski definition) is 3. The monoisotopic (exact) mass is 432 g/mol. The van der Waals surface area contributed by atoms with Crippen LogP contribution in [-0.4, -0.2) is 21.2 Å². The number of nitrogens with two attached hydrogens (primary N) is 1. The van der Waals surface area contributed by atoms with E-state index < -0.39 is 29.2 Å². The van der Waals surface area contributed by atoms with E-state index in [4.69, 9.17) is 10.9 Å². The maximum atomic E-state index is 14.7. The van der Waals surface area contributed by atoms with Crippen LogP contribution in [0.5, 0.6) is 0 Å². The number of benzene rings is 3. The molecule has 0 saturated carbocycles. The van der Waals surface area contributed by atoms with Crippen LogP contribution in [0, 0.1) is 11.6 Å². The third-order valence-electron chi connectivity index (χ3n) is 4.80. The van der Waals surface area contributed by atoms with Crippen molar-refractivity contribution in [3.05, 3.63) is 77.5 Å². The molecule has 31 heavy (non-hydrogen) atoms. The lowest BCUT2D eigenvalue weighted by Crippen LogP contribution is -2.17. The molecular formula is C21H13F5N4O. The molecule has 0 bridgehead atoms. The number of halogens is 5. The zero-order chi connectivity index (χ0) is 22.3. The Morgan fingerprint density at radius 1 is 1.00 bits per heavy atom. The lowest BCUT2D eigenvalue weighted by Gasteiger charge is -2.19. The Hall–Kier alpha value is -3.95. The van der Waals surface area contributed by atoms with Gasteiger partial charge in [0.2, 0.25) is 0 Å². The van der Waals surface area contributed by atoms with Gasteiger partial charge in [-0.05, 0) is 47.5 Å². The maximum absolute atomic E-state index is 14.7. The first-order chi connectivity index (χ1) is 14.7. The number of nitrogens with one attached hydrogen (secondary N) is 1. The second-order valence-corrected chi connectivity index (χ2v) is 6.73. The first-order valence-electron chi connectivity index (χ1n) is 8.81. The number of aromatic nitrogens is 2. The number of H-pyrrole nitrogens is 1. The van der Waals surface area contributed by atoms with Crippen molar-refractivity contribution >= 4 is 16.7 Å². The third-order valence-corrected chi connectivity index (χ3v) is 4.80. The molecule has 0 aliphatic heterocycles. The van der Waals surface area contributed by atoms with Crippen molar-refractivity contribution in [2.45, 2.75) is 6.18 Å². The fraction of sp³-hybridized carbons (Fsp3) is 0.0476. The highest BCUT2D eigenvalue weighted by molar-refractivity contribution is 6.07. The molecule has 1 aromatic heterocycles. The molecule has 4 rings (SSSR count). The van der Waals surface area contributed by atoms with Gasteiger partial charge in [-0.15, -0.1) is 0 Å². The molecule has 0 saturated heterocycles. The van der Waals surface area contributed by atoms with E-state index in [-0.39, 0.29) is 22.3 Å².